The lowest BCUT2D eigenvalue weighted by atomic mass is 10.0. The molecule has 0 atom stereocenters. The highest BCUT2D eigenvalue weighted by Gasteiger charge is 2.19. The molecule has 6 heteroatoms. The fourth-order valence-electron chi connectivity index (χ4n) is 2.01. The van der Waals surface area contributed by atoms with Crippen LogP contribution in [0.2, 0.25) is 5.02 Å². The van der Waals surface area contributed by atoms with Crippen molar-refractivity contribution in [2.45, 2.75) is 0 Å². The molecule has 100 valence electrons. The number of rotatable bonds is 2. The maximum Gasteiger partial charge on any atom is 0.196 e. The van der Waals surface area contributed by atoms with Gasteiger partial charge in [-0.1, -0.05) is 27.5 Å². The molecule has 2 aromatic heterocycles. The molecule has 0 aliphatic rings. The third-order valence-electron chi connectivity index (χ3n) is 2.94. The lowest BCUT2D eigenvalue weighted by Gasteiger charge is -2.04. The van der Waals surface area contributed by atoms with E-state index in [-0.39, 0.29) is 5.78 Å². The zero-order chi connectivity index (χ0) is 14.3. The fourth-order valence-corrected chi connectivity index (χ4v) is 3.18. The van der Waals surface area contributed by atoms with Crippen molar-refractivity contribution in [3.8, 4) is 0 Å². The summed E-state index contributed by atoms with van der Waals surface area (Å²) in [4.78, 5) is 19.9. The van der Waals surface area contributed by atoms with Crippen molar-refractivity contribution in [2.75, 3.05) is 0 Å². The fraction of sp³-hybridized carbons (Fsp3) is 0. The first-order valence-corrected chi connectivity index (χ1v) is 7.94. The van der Waals surface area contributed by atoms with Crippen LogP contribution in [-0.4, -0.2) is 15.8 Å². The standard InChI is InChI=1S/C14H7BrClIN2O/c15-10-2-1-7(17)5-8(10)13(20)9-6-19-14-12(9)11(16)3-4-18-14/h1-6H,(H,18,19). The predicted molar refractivity (Wildman–Crippen MR) is 91.4 cm³/mol. The van der Waals surface area contributed by atoms with Crippen LogP contribution in [0.4, 0.5) is 0 Å². The molecule has 0 saturated carbocycles. The number of nitrogens with zero attached hydrogens (tertiary/aromatic N) is 1. The van der Waals surface area contributed by atoms with Gasteiger partial charge in [-0.25, -0.2) is 4.98 Å². The van der Waals surface area contributed by atoms with Gasteiger partial charge in [0.15, 0.2) is 5.78 Å². The summed E-state index contributed by atoms with van der Waals surface area (Å²) in [5.41, 5.74) is 1.75. The van der Waals surface area contributed by atoms with E-state index in [4.69, 9.17) is 11.6 Å². The van der Waals surface area contributed by atoms with E-state index < -0.39 is 0 Å². The quantitative estimate of drug-likeness (QED) is 0.440. The molecule has 0 radical (unpaired) electrons. The summed E-state index contributed by atoms with van der Waals surface area (Å²) < 4.78 is 1.76. The van der Waals surface area contributed by atoms with Crippen molar-refractivity contribution in [1.29, 1.82) is 0 Å². The largest absolute Gasteiger partial charge is 0.345 e. The van der Waals surface area contributed by atoms with Crippen LogP contribution >= 0.6 is 50.1 Å². The maximum atomic E-state index is 12.7. The second kappa shape index (κ2) is 5.46. The third kappa shape index (κ3) is 2.38. The van der Waals surface area contributed by atoms with Crippen LogP contribution < -0.4 is 0 Å². The number of hydrogen-bond donors (Lipinski definition) is 1. The molecule has 0 bridgehead atoms. The van der Waals surface area contributed by atoms with Crippen LogP contribution in [0.1, 0.15) is 15.9 Å². The summed E-state index contributed by atoms with van der Waals surface area (Å²) in [6.45, 7) is 0. The number of pyridine rings is 1. The van der Waals surface area contributed by atoms with Crippen molar-refractivity contribution in [1.82, 2.24) is 9.97 Å². The Morgan fingerprint density at radius 2 is 2.10 bits per heavy atom. The van der Waals surface area contributed by atoms with Crippen LogP contribution in [-0.2, 0) is 0 Å². The van der Waals surface area contributed by atoms with Gasteiger partial charge in [-0.3, -0.25) is 4.79 Å². The van der Waals surface area contributed by atoms with Crippen LogP contribution in [0, 0.1) is 3.57 Å². The summed E-state index contributed by atoms with van der Waals surface area (Å²) in [7, 11) is 0. The van der Waals surface area contributed by atoms with Crippen molar-refractivity contribution in [3.63, 3.8) is 0 Å². The highest BCUT2D eigenvalue weighted by molar-refractivity contribution is 14.1. The Morgan fingerprint density at radius 1 is 1.30 bits per heavy atom. The summed E-state index contributed by atoms with van der Waals surface area (Å²) >= 11 is 11.8. The van der Waals surface area contributed by atoms with E-state index in [1.165, 1.54) is 0 Å². The van der Waals surface area contributed by atoms with E-state index in [1.807, 2.05) is 18.2 Å². The minimum absolute atomic E-state index is 0.0865. The molecule has 2 heterocycles. The van der Waals surface area contributed by atoms with Crippen molar-refractivity contribution in [3.05, 3.63) is 60.9 Å². The Labute approximate surface area is 142 Å². The second-order valence-electron chi connectivity index (χ2n) is 4.17. The van der Waals surface area contributed by atoms with E-state index in [0.29, 0.717) is 27.2 Å². The summed E-state index contributed by atoms with van der Waals surface area (Å²) in [6, 6.07) is 7.32. The topological polar surface area (TPSA) is 45.8 Å². The zero-order valence-electron chi connectivity index (χ0n) is 9.95. The first kappa shape index (κ1) is 14.0. The van der Waals surface area contributed by atoms with Crippen LogP contribution in [0.3, 0.4) is 0 Å². The molecule has 3 nitrogen and oxygen atoms in total. The van der Waals surface area contributed by atoms with E-state index in [1.54, 1.807) is 18.5 Å². The summed E-state index contributed by atoms with van der Waals surface area (Å²) in [5.74, 6) is -0.0865. The Bertz CT molecular complexity index is 831. The van der Waals surface area contributed by atoms with Gasteiger partial charge < -0.3 is 4.98 Å². The maximum absolute atomic E-state index is 12.7. The number of hydrogen-bond acceptors (Lipinski definition) is 2. The Morgan fingerprint density at radius 3 is 2.90 bits per heavy atom. The molecule has 3 rings (SSSR count). The first-order chi connectivity index (χ1) is 9.58. The Kier molecular flexibility index (Phi) is 3.83. The molecule has 1 aromatic carbocycles. The van der Waals surface area contributed by atoms with Crippen LogP contribution in [0.15, 0.2) is 41.1 Å². The van der Waals surface area contributed by atoms with Crippen LogP contribution in [0.5, 0.6) is 0 Å². The van der Waals surface area contributed by atoms with Gasteiger partial charge in [0.2, 0.25) is 0 Å². The second-order valence-corrected chi connectivity index (χ2v) is 6.68. The SMILES string of the molecule is O=C(c1cc(I)ccc1Br)c1c[nH]c2nccc(Cl)c12. The number of aromatic nitrogens is 2. The molecule has 0 spiro atoms. The van der Waals surface area contributed by atoms with Gasteiger partial charge in [0.1, 0.15) is 5.65 Å². The van der Waals surface area contributed by atoms with E-state index >= 15 is 0 Å². The minimum Gasteiger partial charge on any atom is -0.345 e. The third-order valence-corrected chi connectivity index (χ3v) is 4.62. The molecule has 0 fully saturated rings. The number of carbonyl (C=O) groups is 1. The number of aromatic amines is 1. The number of ketones is 1. The van der Waals surface area contributed by atoms with Crippen LogP contribution in [0.25, 0.3) is 11.0 Å². The molecule has 3 aromatic rings. The number of carbonyl (C=O) groups excluding carboxylic acids is 1. The molecule has 0 unspecified atom stereocenters. The number of halogens is 3. The van der Waals surface area contributed by atoms with Gasteiger partial charge in [-0.05, 0) is 46.9 Å². The molecule has 20 heavy (non-hydrogen) atoms. The minimum atomic E-state index is -0.0865. The smallest absolute Gasteiger partial charge is 0.196 e. The van der Waals surface area contributed by atoms with E-state index in [0.717, 1.165) is 8.04 Å². The normalized spacial score (nSPS) is 10.9. The van der Waals surface area contributed by atoms with Gasteiger partial charge in [-0.2, -0.15) is 0 Å². The Hall–Kier alpha value is -0.920. The predicted octanol–water partition coefficient (Wildman–Crippen LogP) is 4.81. The number of nitrogens with one attached hydrogen (secondary N) is 1. The molecule has 0 amide bonds. The zero-order valence-corrected chi connectivity index (χ0v) is 14.5. The van der Waals surface area contributed by atoms with Gasteiger partial charge in [-0.15, -0.1) is 0 Å². The van der Waals surface area contributed by atoms with Gasteiger partial charge >= 0.3 is 0 Å². The van der Waals surface area contributed by atoms with Gasteiger partial charge in [0, 0.05) is 31.4 Å². The molecule has 0 aliphatic carbocycles. The molecule has 0 aliphatic heterocycles. The molecule has 0 saturated heterocycles. The molecular weight excluding hydrogens is 454 g/mol. The molecule has 1 N–H and O–H groups in total. The van der Waals surface area contributed by atoms with E-state index in [2.05, 4.69) is 48.5 Å². The highest BCUT2D eigenvalue weighted by Crippen LogP contribution is 2.29. The number of benzene rings is 1. The molecular formula is C14H7BrClIN2O. The number of fused-ring (bicyclic) bond motifs is 1. The van der Waals surface area contributed by atoms with Crippen molar-refractivity contribution in [2.24, 2.45) is 0 Å². The van der Waals surface area contributed by atoms with E-state index in [9.17, 15) is 4.79 Å². The average Bonchev–Trinajstić information content (AvgIpc) is 2.86. The number of H-pyrrole nitrogens is 1. The van der Waals surface area contributed by atoms with Crippen molar-refractivity contribution < 1.29 is 4.79 Å². The highest BCUT2D eigenvalue weighted by atomic mass is 127. The average molecular weight is 461 g/mol. The first-order valence-electron chi connectivity index (χ1n) is 5.69. The van der Waals surface area contributed by atoms with Gasteiger partial charge in [0.05, 0.1) is 10.6 Å². The lowest BCUT2D eigenvalue weighted by molar-refractivity contribution is 0.103. The monoisotopic (exact) mass is 460 g/mol. The van der Waals surface area contributed by atoms with Crippen molar-refractivity contribution >= 4 is 66.9 Å². The summed E-state index contributed by atoms with van der Waals surface area (Å²) in [5, 5.41) is 1.17. The lowest BCUT2D eigenvalue weighted by Crippen LogP contribution is -2.02. The Balaban J connectivity index is 2.21. The van der Waals surface area contributed by atoms with Gasteiger partial charge in [0.25, 0.3) is 0 Å². The summed E-state index contributed by atoms with van der Waals surface area (Å²) in [6.07, 6.45) is 3.26.